The van der Waals surface area contributed by atoms with E-state index in [9.17, 15) is 9.59 Å². The van der Waals surface area contributed by atoms with Gasteiger partial charge in [0.1, 0.15) is 5.54 Å². The lowest BCUT2D eigenvalue weighted by Gasteiger charge is -2.35. The largest absolute Gasteiger partial charge is 0.324 e. The number of rotatable bonds is 3. The van der Waals surface area contributed by atoms with Gasteiger partial charge in [0.15, 0.2) is 5.78 Å². The number of hydrogen-bond acceptors (Lipinski definition) is 3. The first kappa shape index (κ1) is 19.0. The highest BCUT2D eigenvalue weighted by molar-refractivity contribution is 6.31. The Bertz CT molecular complexity index is 1130. The molecule has 2 aliphatic rings. The van der Waals surface area contributed by atoms with E-state index >= 15 is 0 Å². The van der Waals surface area contributed by atoms with E-state index in [-0.39, 0.29) is 17.6 Å². The summed E-state index contributed by atoms with van der Waals surface area (Å²) in [6.45, 7) is 0.590. The summed E-state index contributed by atoms with van der Waals surface area (Å²) in [4.78, 5) is 29.5. The first-order valence-electron chi connectivity index (χ1n) is 10.0. The molecule has 3 aromatic rings. The fraction of sp³-hybridized carbons (Fsp3) is 0.200. The Kier molecular flexibility index (Phi) is 4.49. The van der Waals surface area contributed by atoms with Crippen molar-refractivity contribution < 1.29 is 9.59 Å². The summed E-state index contributed by atoms with van der Waals surface area (Å²) < 4.78 is 0. The van der Waals surface area contributed by atoms with Crippen LogP contribution in [0.15, 0.2) is 78.9 Å². The SMILES string of the molecule is CN1C[C@H](c2ccccc2)C(C(=O)c2ccccc2)[C@]12C(=O)Nc1ccc(Cl)cc12. The van der Waals surface area contributed by atoms with Crippen LogP contribution in [0.25, 0.3) is 0 Å². The molecule has 30 heavy (non-hydrogen) atoms. The van der Waals surface area contributed by atoms with Gasteiger partial charge in [0, 0.05) is 34.3 Å². The molecule has 1 N–H and O–H groups in total. The van der Waals surface area contributed by atoms with E-state index in [2.05, 4.69) is 5.32 Å². The Labute approximate surface area is 180 Å². The molecule has 1 amide bonds. The second-order valence-electron chi connectivity index (χ2n) is 8.02. The highest BCUT2D eigenvalue weighted by Crippen LogP contribution is 2.55. The Morgan fingerprint density at radius 1 is 1.03 bits per heavy atom. The Morgan fingerprint density at radius 2 is 1.70 bits per heavy atom. The maximum absolute atomic E-state index is 13.9. The second kappa shape index (κ2) is 7.08. The maximum atomic E-state index is 13.9. The van der Waals surface area contributed by atoms with Crippen LogP contribution in [0.3, 0.4) is 0 Å². The highest BCUT2D eigenvalue weighted by Gasteiger charge is 2.64. The molecule has 1 spiro atoms. The van der Waals surface area contributed by atoms with Gasteiger partial charge in [-0.05, 0) is 30.8 Å². The third kappa shape index (κ3) is 2.64. The zero-order valence-electron chi connectivity index (χ0n) is 16.5. The quantitative estimate of drug-likeness (QED) is 0.629. The van der Waals surface area contributed by atoms with E-state index in [1.165, 1.54) is 0 Å². The van der Waals surface area contributed by atoms with Crippen molar-refractivity contribution in [3.63, 3.8) is 0 Å². The number of halogens is 1. The van der Waals surface area contributed by atoms with Gasteiger partial charge in [0.25, 0.3) is 0 Å². The summed E-state index contributed by atoms with van der Waals surface area (Å²) in [6, 6.07) is 24.6. The first-order chi connectivity index (χ1) is 14.5. The van der Waals surface area contributed by atoms with Gasteiger partial charge in [0.05, 0.1) is 5.92 Å². The molecule has 2 heterocycles. The molecule has 0 bridgehead atoms. The van der Waals surface area contributed by atoms with E-state index in [1.807, 2.05) is 84.7 Å². The number of amides is 1. The zero-order valence-corrected chi connectivity index (χ0v) is 17.3. The number of carbonyl (C=O) groups excluding carboxylic acids is 2. The van der Waals surface area contributed by atoms with Gasteiger partial charge in [-0.3, -0.25) is 14.5 Å². The normalized spacial score (nSPS) is 25.3. The number of nitrogens with one attached hydrogen (secondary N) is 1. The predicted molar refractivity (Wildman–Crippen MR) is 118 cm³/mol. The summed E-state index contributed by atoms with van der Waals surface area (Å²) in [6.07, 6.45) is 0. The minimum Gasteiger partial charge on any atom is -0.324 e. The molecule has 4 nitrogen and oxygen atoms in total. The lowest BCUT2D eigenvalue weighted by atomic mass is 9.70. The van der Waals surface area contributed by atoms with Crippen molar-refractivity contribution in [2.45, 2.75) is 11.5 Å². The number of carbonyl (C=O) groups is 2. The molecule has 2 aliphatic heterocycles. The minimum absolute atomic E-state index is 0.0308. The van der Waals surface area contributed by atoms with Crippen LogP contribution in [0.4, 0.5) is 5.69 Å². The van der Waals surface area contributed by atoms with Gasteiger partial charge in [-0.15, -0.1) is 0 Å². The molecule has 1 fully saturated rings. The topological polar surface area (TPSA) is 49.4 Å². The number of benzene rings is 3. The summed E-state index contributed by atoms with van der Waals surface area (Å²) >= 11 is 6.34. The second-order valence-corrected chi connectivity index (χ2v) is 8.45. The minimum atomic E-state index is -1.10. The van der Waals surface area contributed by atoms with Crippen molar-refractivity contribution >= 4 is 29.0 Å². The molecule has 5 heteroatoms. The highest BCUT2D eigenvalue weighted by atomic mass is 35.5. The van der Waals surface area contributed by atoms with Crippen LogP contribution in [-0.4, -0.2) is 30.2 Å². The molecule has 0 saturated carbocycles. The van der Waals surface area contributed by atoms with E-state index in [0.29, 0.717) is 17.1 Å². The Morgan fingerprint density at radius 3 is 2.40 bits per heavy atom. The molecule has 1 unspecified atom stereocenters. The number of hydrogen-bond donors (Lipinski definition) is 1. The van der Waals surface area contributed by atoms with Gasteiger partial charge < -0.3 is 5.32 Å². The standard InChI is InChI=1S/C25H21ClN2O2/c1-28-15-19(16-8-4-2-5-9-16)22(23(29)17-10-6-3-7-11-17)25(28)20-14-18(26)12-13-21(20)27-24(25)30/h2-14,19,22H,15H2,1H3,(H,27,30)/t19-,22?,25-/m1/s1. The average molecular weight is 417 g/mol. The van der Waals surface area contributed by atoms with Crippen molar-refractivity contribution in [2.24, 2.45) is 5.92 Å². The summed E-state index contributed by atoms with van der Waals surface area (Å²) in [7, 11) is 1.92. The number of likely N-dealkylation sites (N-methyl/N-ethyl adjacent to an activating group) is 1. The number of anilines is 1. The van der Waals surface area contributed by atoms with Gasteiger partial charge in [-0.1, -0.05) is 72.3 Å². The van der Waals surface area contributed by atoms with Gasteiger partial charge >= 0.3 is 0 Å². The number of fused-ring (bicyclic) bond motifs is 2. The van der Waals surface area contributed by atoms with E-state index < -0.39 is 11.5 Å². The van der Waals surface area contributed by atoms with E-state index in [1.54, 1.807) is 6.07 Å². The van der Waals surface area contributed by atoms with Crippen LogP contribution in [0.5, 0.6) is 0 Å². The Hall–Kier alpha value is -2.95. The first-order valence-corrected chi connectivity index (χ1v) is 10.4. The molecule has 3 atom stereocenters. The summed E-state index contributed by atoms with van der Waals surface area (Å²) in [5.74, 6) is -0.904. The van der Waals surface area contributed by atoms with Crippen molar-refractivity contribution in [3.8, 4) is 0 Å². The summed E-state index contributed by atoms with van der Waals surface area (Å²) in [5.41, 5.74) is 2.06. The molecule has 0 aliphatic carbocycles. The molecule has 1 saturated heterocycles. The van der Waals surface area contributed by atoms with Crippen molar-refractivity contribution in [1.82, 2.24) is 4.90 Å². The molecule has 5 rings (SSSR count). The third-order valence-corrected chi connectivity index (χ3v) is 6.72. The smallest absolute Gasteiger partial charge is 0.250 e. The molecule has 0 aromatic heterocycles. The molecule has 150 valence electrons. The maximum Gasteiger partial charge on any atom is 0.250 e. The number of Topliss-reactive ketones (excluding diaryl/α,β-unsaturated/α-hetero) is 1. The molecule has 3 aromatic carbocycles. The Balaban J connectivity index is 1.75. The lowest BCUT2D eigenvalue weighted by Crippen LogP contribution is -2.51. The van der Waals surface area contributed by atoms with Crippen molar-refractivity contribution in [2.75, 3.05) is 18.9 Å². The fourth-order valence-electron chi connectivity index (χ4n) is 5.19. The predicted octanol–water partition coefficient (Wildman–Crippen LogP) is 4.72. The van der Waals surface area contributed by atoms with Crippen LogP contribution in [0.2, 0.25) is 5.02 Å². The molecule has 0 radical (unpaired) electrons. The van der Waals surface area contributed by atoms with Crippen molar-refractivity contribution in [3.05, 3.63) is 101 Å². The van der Waals surface area contributed by atoms with Gasteiger partial charge in [-0.25, -0.2) is 0 Å². The fourth-order valence-corrected chi connectivity index (χ4v) is 5.37. The van der Waals surface area contributed by atoms with Crippen LogP contribution >= 0.6 is 11.6 Å². The third-order valence-electron chi connectivity index (χ3n) is 6.48. The monoisotopic (exact) mass is 416 g/mol. The van der Waals surface area contributed by atoms with Crippen LogP contribution in [-0.2, 0) is 10.3 Å². The van der Waals surface area contributed by atoms with Crippen LogP contribution in [0.1, 0.15) is 27.4 Å². The lowest BCUT2D eigenvalue weighted by molar-refractivity contribution is -0.126. The van der Waals surface area contributed by atoms with E-state index in [4.69, 9.17) is 11.6 Å². The average Bonchev–Trinajstić information content (AvgIpc) is 3.24. The number of ketones is 1. The molecular formula is C25H21ClN2O2. The van der Waals surface area contributed by atoms with Crippen LogP contribution in [0, 0.1) is 5.92 Å². The molecular weight excluding hydrogens is 396 g/mol. The van der Waals surface area contributed by atoms with Gasteiger partial charge in [-0.2, -0.15) is 0 Å². The zero-order chi connectivity index (χ0) is 20.9. The van der Waals surface area contributed by atoms with Gasteiger partial charge in [0.2, 0.25) is 5.91 Å². The van der Waals surface area contributed by atoms with Crippen molar-refractivity contribution in [1.29, 1.82) is 0 Å². The van der Waals surface area contributed by atoms with E-state index in [0.717, 1.165) is 16.8 Å². The van der Waals surface area contributed by atoms with Crippen LogP contribution < -0.4 is 5.32 Å². The number of likely N-dealkylation sites (tertiary alicyclic amines) is 1. The number of nitrogens with zero attached hydrogens (tertiary/aromatic N) is 1. The summed E-state index contributed by atoms with van der Waals surface area (Å²) in [5, 5.41) is 3.55.